The van der Waals surface area contributed by atoms with Gasteiger partial charge in [-0.05, 0) is 35.9 Å². The van der Waals surface area contributed by atoms with Crippen molar-refractivity contribution < 1.29 is 14.0 Å². The van der Waals surface area contributed by atoms with Gasteiger partial charge in [-0.15, -0.1) is 0 Å². The maximum atomic E-state index is 13.0. The van der Waals surface area contributed by atoms with Crippen LogP contribution in [0.2, 0.25) is 5.02 Å². The second-order valence-electron chi connectivity index (χ2n) is 4.71. The van der Waals surface area contributed by atoms with Crippen molar-refractivity contribution in [2.24, 2.45) is 0 Å². The van der Waals surface area contributed by atoms with E-state index in [2.05, 4.69) is 16.0 Å². The molecule has 2 rings (SSSR count). The van der Waals surface area contributed by atoms with Crippen LogP contribution in [0.25, 0.3) is 0 Å². The average Bonchev–Trinajstić information content (AvgIpc) is 2.56. The van der Waals surface area contributed by atoms with Gasteiger partial charge in [0.1, 0.15) is 5.82 Å². The van der Waals surface area contributed by atoms with Gasteiger partial charge in [0, 0.05) is 24.8 Å². The SMILES string of the molecule is CNC(=O)c1ccc(CNC(=O)Nc2ccc(F)c(Cl)c2)cc1. The Morgan fingerprint density at radius 1 is 1.13 bits per heavy atom. The Balaban J connectivity index is 1.88. The van der Waals surface area contributed by atoms with Crippen LogP contribution in [0.5, 0.6) is 0 Å². The molecule has 0 aliphatic rings. The molecular weight excluding hydrogens is 321 g/mol. The van der Waals surface area contributed by atoms with Crippen LogP contribution in [-0.2, 0) is 6.54 Å². The molecule has 0 saturated heterocycles. The highest BCUT2D eigenvalue weighted by atomic mass is 35.5. The Morgan fingerprint density at radius 3 is 2.43 bits per heavy atom. The first kappa shape index (κ1) is 16.8. The summed E-state index contributed by atoms with van der Waals surface area (Å²) in [5.74, 6) is -0.718. The van der Waals surface area contributed by atoms with Gasteiger partial charge < -0.3 is 16.0 Å². The summed E-state index contributed by atoms with van der Waals surface area (Å²) in [5, 5.41) is 7.68. The number of urea groups is 1. The van der Waals surface area contributed by atoms with Crippen molar-refractivity contribution in [2.45, 2.75) is 6.54 Å². The molecule has 5 nitrogen and oxygen atoms in total. The molecule has 23 heavy (non-hydrogen) atoms. The summed E-state index contributed by atoms with van der Waals surface area (Å²) in [4.78, 5) is 23.2. The highest BCUT2D eigenvalue weighted by molar-refractivity contribution is 6.31. The Labute approximate surface area is 137 Å². The predicted octanol–water partition coefficient (Wildman–Crippen LogP) is 3.16. The lowest BCUT2D eigenvalue weighted by molar-refractivity contribution is 0.0963. The van der Waals surface area contributed by atoms with E-state index in [1.54, 1.807) is 31.3 Å². The number of rotatable bonds is 4. The van der Waals surface area contributed by atoms with Crippen molar-refractivity contribution >= 4 is 29.2 Å². The van der Waals surface area contributed by atoms with Crippen LogP contribution in [0.4, 0.5) is 14.9 Å². The van der Waals surface area contributed by atoms with Crippen LogP contribution in [0.3, 0.4) is 0 Å². The van der Waals surface area contributed by atoms with Crippen LogP contribution in [0, 0.1) is 5.82 Å². The number of benzene rings is 2. The number of nitrogens with one attached hydrogen (secondary N) is 3. The third-order valence-electron chi connectivity index (χ3n) is 3.07. The lowest BCUT2D eigenvalue weighted by atomic mass is 10.1. The van der Waals surface area contributed by atoms with Gasteiger partial charge in [-0.2, -0.15) is 0 Å². The molecule has 3 N–H and O–H groups in total. The third-order valence-corrected chi connectivity index (χ3v) is 3.36. The van der Waals surface area contributed by atoms with Crippen LogP contribution in [0.15, 0.2) is 42.5 Å². The standard InChI is InChI=1S/C16H15ClFN3O2/c1-19-15(22)11-4-2-10(3-5-11)9-20-16(23)21-12-6-7-14(18)13(17)8-12/h2-8H,9H2,1H3,(H,19,22)(H2,20,21,23). The zero-order chi connectivity index (χ0) is 16.8. The first-order valence-corrected chi connectivity index (χ1v) is 7.18. The topological polar surface area (TPSA) is 70.2 Å². The van der Waals surface area contributed by atoms with E-state index < -0.39 is 11.8 Å². The highest BCUT2D eigenvalue weighted by Gasteiger charge is 2.06. The Bertz CT molecular complexity index is 720. The highest BCUT2D eigenvalue weighted by Crippen LogP contribution is 2.19. The minimum absolute atomic E-state index is 0.0624. The van der Waals surface area contributed by atoms with Crippen LogP contribution in [-0.4, -0.2) is 19.0 Å². The molecule has 0 aromatic heterocycles. The van der Waals surface area contributed by atoms with E-state index in [0.29, 0.717) is 11.3 Å². The number of anilines is 1. The molecule has 120 valence electrons. The lowest BCUT2D eigenvalue weighted by Gasteiger charge is -2.09. The summed E-state index contributed by atoms with van der Waals surface area (Å²) in [6.45, 7) is 0.286. The van der Waals surface area contributed by atoms with Crippen LogP contribution < -0.4 is 16.0 Å². The number of carbonyl (C=O) groups excluding carboxylic acids is 2. The molecule has 0 atom stereocenters. The predicted molar refractivity (Wildman–Crippen MR) is 87.1 cm³/mol. The zero-order valence-corrected chi connectivity index (χ0v) is 13.1. The van der Waals surface area contributed by atoms with Crippen molar-refractivity contribution in [2.75, 3.05) is 12.4 Å². The number of halogens is 2. The summed E-state index contributed by atoms with van der Waals surface area (Å²) in [5.41, 5.74) is 1.77. The maximum Gasteiger partial charge on any atom is 0.319 e. The van der Waals surface area contributed by atoms with Crippen molar-refractivity contribution in [3.8, 4) is 0 Å². The molecule has 2 aromatic carbocycles. The van der Waals surface area contributed by atoms with Crippen molar-refractivity contribution in [3.05, 3.63) is 64.4 Å². The molecule has 3 amide bonds. The van der Waals surface area contributed by atoms with Gasteiger partial charge in [-0.25, -0.2) is 9.18 Å². The lowest BCUT2D eigenvalue weighted by Crippen LogP contribution is -2.28. The monoisotopic (exact) mass is 335 g/mol. The minimum atomic E-state index is -0.547. The Morgan fingerprint density at radius 2 is 1.83 bits per heavy atom. The summed E-state index contributed by atoms with van der Waals surface area (Å²) in [7, 11) is 1.56. The summed E-state index contributed by atoms with van der Waals surface area (Å²) in [6.07, 6.45) is 0. The zero-order valence-electron chi connectivity index (χ0n) is 12.3. The van der Waals surface area contributed by atoms with E-state index in [4.69, 9.17) is 11.6 Å². The van der Waals surface area contributed by atoms with Crippen molar-refractivity contribution in [1.82, 2.24) is 10.6 Å². The second kappa shape index (κ2) is 7.60. The normalized spacial score (nSPS) is 10.0. The van der Waals surface area contributed by atoms with E-state index in [9.17, 15) is 14.0 Å². The van der Waals surface area contributed by atoms with Crippen molar-refractivity contribution in [1.29, 1.82) is 0 Å². The molecule has 0 heterocycles. The maximum absolute atomic E-state index is 13.0. The van der Waals surface area contributed by atoms with Gasteiger partial charge in [0.25, 0.3) is 5.91 Å². The molecule has 0 aliphatic heterocycles. The fourth-order valence-electron chi connectivity index (χ4n) is 1.85. The molecule has 0 aliphatic carbocycles. The number of hydrogen-bond donors (Lipinski definition) is 3. The molecule has 0 radical (unpaired) electrons. The Kier molecular flexibility index (Phi) is 5.54. The van der Waals surface area contributed by atoms with E-state index in [1.165, 1.54) is 18.2 Å². The quantitative estimate of drug-likeness (QED) is 0.803. The fraction of sp³-hybridized carbons (Fsp3) is 0.125. The molecule has 0 unspecified atom stereocenters. The molecule has 7 heteroatoms. The van der Waals surface area contributed by atoms with E-state index in [-0.39, 0.29) is 17.5 Å². The average molecular weight is 336 g/mol. The number of carbonyl (C=O) groups is 2. The summed E-state index contributed by atoms with van der Waals surface area (Å²) in [6, 6.07) is 10.3. The first-order chi connectivity index (χ1) is 11.0. The molecule has 0 spiro atoms. The first-order valence-electron chi connectivity index (χ1n) is 6.80. The third kappa shape index (κ3) is 4.69. The number of amides is 3. The summed E-state index contributed by atoms with van der Waals surface area (Å²) >= 11 is 5.64. The van der Waals surface area contributed by atoms with E-state index >= 15 is 0 Å². The molecule has 0 saturated carbocycles. The summed E-state index contributed by atoms with van der Waals surface area (Å²) < 4.78 is 13.0. The minimum Gasteiger partial charge on any atom is -0.355 e. The Hall–Kier alpha value is -2.60. The molecule has 0 bridgehead atoms. The van der Waals surface area contributed by atoms with E-state index in [0.717, 1.165) is 5.56 Å². The number of hydrogen-bond acceptors (Lipinski definition) is 2. The largest absolute Gasteiger partial charge is 0.355 e. The smallest absolute Gasteiger partial charge is 0.319 e. The van der Waals surface area contributed by atoms with E-state index in [1.807, 2.05) is 0 Å². The van der Waals surface area contributed by atoms with Gasteiger partial charge in [0.2, 0.25) is 0 Å². The molecule has 2 aromatic rings. The van der Waals surface area contributed by atoms with Gasteiger partial charge in [-0.3, -0.25) is 4.79 Å². The molecule has 0 fully saturated rings. The van der Waals surface area contributed by atoms with Gasteiger partial charge in [-0.1, -0.05) is 23.7 Å². The van der Waals surface area contributed by atoms with Crippen molar-refractivity contribution in [3.63, 3.8) is 0 Å². The van der Waals surface area contributed by atoms with Crippen LogP contribution >= 0.6 is 11.6 Å². The van der Waals surface area contributed by atoms with Crippen LogP contribution in [0.1, 0.15) is 15.9 Å². The fourth-order valence-corrected chi connectivity index (χ4v) is 2.03. The van der Waals surface area contributed by atoms with Gasteiger partial charge >= 0.3 is 6.03 Å². The van der Waals surface area contributed by atoms with Gasteiger partial charge in [0.15, 0.2) is 0 Å². The second-order valence-corrected chi connectivity index (χ2v) is 5.12. The molecular formula is C16H15ClFN3O2. The van der Waals surface area contributed by atoms with Gasteiger partial charge in [0.05, 0.1) is 5.02 Å².